The molecule has 0 aliphatic carbocycles. The van der Waals surface area contributed by atoms with Gasteiger partial charge in [0, 0.05) is 24.2 Å². The number of benzene rings is 3. The van der Waals surface area contributed by atoms with E-state index >= 15 is 0 Å². The maximum atomic E-state index is 12.3. The SMILES string of the molecule is CC(Oc1ccc2ccccc2c1)C(=O)NNC(=O)c1ccc(N2CCCC2=O)cc1. The molecule has 2 N–H and O–H groups in total. The highest BCUT2D eigenvalue weighted by Gasteiger charge is 2.22. The van der Waals surface area contributed by atoms with Crippen molar-refractivity contribution in [2.75, 3.05) is 11.4 Å². The first kappa shape index (κ1) is 20.4. The summed E-state index contributed by atoms with van der Waals surface area (Å²) in [6.07, 6.45) is 0.588. The largest absolute Gasteiger partial charge is 0.481 e. The fourth-order valence-corrected chi connectivity index (χ4v) is 3.50. The number of nitrogens with one attached hydrogen (secondary N) is 2. The first-order chi connectivity index (χ1) is 15.0. The molecule has 7 nitrogen and oxygen atoms in total. The molecule has 31 heavy (non-hydrogen) atoms. The lowest BCUT2D eigenvalue weighted by Gasteiger charge is -2.17. The fraction of sp³-hybridized carbons (Fsp3) is 0.208. The molecule has 1 aliphatic rings. The Morgan fingerprint density at radius 3 is 2.42 bits per heavy atom. The summed E-state index contributed by atoms with van der Waals surface area (Å²) in [6.45, 7) is 2.30. The first-order valence-corrected chi connectivity index (χ1v) is 10.2. The molecular weight excluding hydrogens is 394 g/mol. The predicted molar refractivity (Wildman–Crippen MR) is 118 cm³/mol. The Morgan fingerprint density at radius 1 is 0.968 bits per heavy atom. The van der Waals surface area contributed by atoms with Gasteiger partial charge in [-0.15, -0.1) is 0 Å². The van der Waals surface area contributed by atoms with E-state index < -0.39 is 17.9 Å². The van der Waals surface area contributed by atoms with Crippen LogP contribution in [0.5, 0.6) is 5.75 Å². The smallest absolute Gasteiger partial charge is 0.279 e. The van der Waals surface area contributed by atoms with Crippen LogP contribution in [-0.2, 0) is 9.59 Å². The Labute approximate surface area is 180 Å². The Balaban J connectivity index is 1.31. The number of nitrogens with zero attached hydrogens (tertiary/aromatic N) is 1. The molecule has 3 amide bonds. The topological polar surface area (TPSA) is 87.7 Å². The van der Waals surface area contributed by atoms with Gasteiger partial charge < -0.3 is 9.64 Å². The highest BCUT2D eigenvalue weighted by atomic mass is 16.5. The number of hydrazine groups is 1. The number of anilines is 1. The monoisotopic (exact) mass is 417 g/mol. The molecule has 0 bridgehead atoms. The predicted octanol–water partition coefficient (Wildman–Crippen LogP) is 3.20. The summed E-state index contributed by atoms with van der Waals surface area (Å²) in [6, 6.07) is 20.2. The summed E-state index contributed by atoms with van der Waals surface area (Å²) in [5.74, 6) is -0.268. The fourth-order valence-electron chi connectivity index (χ4n) is 3.50. The van der Waals surface area contributed by atoms with Crippen molar-refractivity contribution < 1.29 is 19.1 Å². The highest BCUT2D eigenvalue weighted by molar-refractivity contribution is 5.98. The first-order valence-electron chi connectivity index (χ1n) is 10.2. The van der Waals surface area contributed by atoms with Gasteiger partial charge in [0.05, 0.1) is 0 Å². The van der Waals surface area contributed by atoms with Gasteiger partial charge in [0.1, 0.15) is 5.75 Å². The highest BCUT2D eigenvalue weighted by Crippen LogP contribution is 2.22. The maximum absolute atomic E-state index is 12.3. The molecule has 1 heterocycles. The molecule has 158 valence electrons. The van der Waals surface area contributed by atoms with Crippen LogP contribution in [0.2, 0.25) is 0 Å². The van der Waals surface area contributed by atoms with Crippen LogP contribution in [0.1, 0.15) is 30.1 Å². The van der Waals surface area contributed by atoms with Crippen LogP contribution >= 0.6 is 0 Å². The minimum Gasteiger partial charge on any atom is -0.481 e. The van der Waals surface area contributed by atoms with Crippen molar-refractivity contribution >= 4 is 34.2 Å². The summed E-state index contributed by atoms with van der Waals surface area (Å²) < 4.78 is 5.70. The van der Waals surface area contributed by atoms with E-state index in [0.29, 0.717) is 24.3 Å². The van der Waals surface area contributed by atoms with Crippen LogP contribution in [0, 0.1) is 0 Å². The third-order valence-corrected chi connectivity index (χ3v) is 5.22. The van der Waals surface area contributed by atoms with E-state index in [1.165, 1.54) is 0 Å². The summed E-state index contributed by atoms with van der Waals surface area (Å²) in [7, 11) is 0. The van der Waals surface area contributed by atoms with Crippen molar-refractivity contribution in [2.45, 2.75) is 25.9 Å². The molecule has 0 aromatic heterocycles. The van der Waals surface area contributed by atoms with Gasteiger partial charge in [0.25, 0.3) is 11.8 Å². The molecule has 7 heteroatoms. The van der Waals surface area contributed by atoms with Gasteiger partial charge in [-0.3, -0.25) is 25.2 Å². The van der Waals surface area contributed by atoms with E-state index in [9.17, 15) is 14.4 Å². The number of hydrogen-bond acceptors (Lipinski definition) is 4. The lowest BCUT2D eigenvalue weighted by molar-refractivity contribution is -0.128. The Morgan fingerprint density at radius 2 is 1.71 bits per heavy atom. The zero-order chi connectivity index (χ0) is 21.8. The van der Waals surface area contributed by atoms with Crippen LogP contribution in [0.4, 0.5) is 5.69 Å². The second kappa shape index (κ2) is 8.87. The molecule has 0 saturated carbocycles. The Kier molecular flexibility index (Phi) is 5.84. The molecule has 0 radical (unpaired) electrons. The van der Waals surface area contributed by atoms with Gasteiger partial charge in [-0.05, 0) is 60.5 Å². The summed E-state index contributed by atoms with van der Waals surface area (Å²) in [5.41, 5.74) is 5.92. The molecule has 1 unspecified atom stereocenters. The lowest BCUT2D eigenvalue weighted by Crippen LogP contribution is -2.47. The van der Waals surface area contributed by atoms with Crippen molar-refractivity contribution in [1.82, 2.24) is 10.9 Å². The average molecular weight is 417 g/mol. The van der Waals surface area contributed by atoms with Crippen LogP contribution in [0.25, 0.3) is 10.8 Å². The second-order valence-electron chi connectivity index (χ2n) is 7.41. The van der Waals surface area contributed by atoms with E-state index in [-0.39, 0.29) is 5.91 Å². The molecule has 3 aromatic rings. The van der Waals surface area contributed by atoms with Gasteiger partial charge in [-0.25, -0.2) is 0 Å². The quantitative estimate of drug-likeness (QED) is 0.624. The molecule has 0 spiro atoms. The minimum absolute atomic E-state index is 0.0878. The Hall–Kier alpha value is -3.87. The molecule has 1 aliphatic heterocycles. The van der Waals surface area contributed by atoms with E-state index in [4.69, 9.17) is 4.74 Å². The van der Waals surface area contributed by atoms with Gasteiger partial charge in [-0.1, -0.05) is 30.3 Å². The number of carbonyl (C=O) groups is 3. The Bertz CT molecular complexity index is 1130. The normalized spacial score (nSPS) is 14.4. The van der Waals surface area contributed by atoms with Gasteiger partial charge >= 0.3 is 0 Å². The van der Waals surface area contributed by atoms with Crippen molar-refractivity contribution in [2.24, 2.45) is 0 Å². The lowest BCUT2D eigenvalue weighted by atomic mass is 10.1. The maximum Gasteiger partial charge on any atom is 0.279 e. The van der Waals surface area contributed by atoms with Crippen LogP contribution in [-0.4, -0.2) is 30.4 Å². The number of hydrogen-bond donors (Lipinski definition) is 2. The van der Waals surface area contributed by atoms with E-state index in [2.05, 4.69) is 10.9 Å². The van der Waals surface area contributed by atoms with Gasteiger partial charge in [0.2, 0.25) is 5.91 Å². The summed E-state index contributed by atoms with van der Waals surface area (Å²) in [4.78, 5) is 38.2. The molecule has 1 atom stereocenters. The number of carbonyl (C=O) groups excluding carboxylic acids is 3. The van der Waals surface area contributed by atoms with E-state index in [1.54, 1.807) is 42.2 Å². The van der Waals surface area contributed by atoms with Gasteiger partial charge in [0.15, 0.2) is 6.10 Å². The van der Waals surface area contributed by atoms with Crippen LogP contribution in [0.3, 0.4) is 0 Å². The average Bonchev–Trinajstić information content (AvgIpc) is 3.23. The van der Waals surface area contributed by atoms with E-state index in [1.807, 2.05) is 36.4 Å². The van der Waals surface area contributed by atoms with Crippen molar-refractivity contribution in [3.8, 4) is 5.75 Å². The zero-order valence-corrected chi connectivity index (χ0v) is 17.1. The molecular formula is C24H23N3O4. The molecule has 1 saturated heterocycles. The minimum atomic E-state index is -0.801. The number of amides is 3. The summed E-state index contributed by atoms with van der Waals surface area (Å²) >= 11 is 0. The van der Waals surface area contributed by atoms with Crippen LogP contribution < -0.4 is 20.5 Å². The number of ether oxygens (including phenoxy) is 1. The van der Waals surface area contributed by atoms with Crippen LogP contribution in [0.15, 0.2) is 66.7 Å². The van der Waals surface area contributed by atoms with Crippen molar-refractivity contribution in [1.29, 1.82) is 0 Å². The zero-order valence-electron chi connectivity index (χ0n) is 17.1. The standard InChI is InChI=1S/C24H23N3O4/c1-16(31-21-13-10-17-5-2-3-6-19(17)15-21)23(29)25-26-24(30)18-8-11-20(12-9-18)27-14-4-7-22(27)28/h2-3,5-6,8-13,15-16H,4,7,14H2,1H3,(H,25,29)(H,26,30). The third kappa shape index (κ3) is 4.66. The van der Waals surface area contributed by atoms with Gasteiger partial charge in [-0.2, -0.15) is 0 Å². The molecule has 3 aromatic carbocycles. The number of rotatable bonds is 5. The van der Waals surface area contributed by atoms with Crippen molar-refractivity contribution in [3.05, 3.63) is 72.3 Å². The number of fused-ring (bicyclic) bond motifs is 1. The third-order valence-electron chi connectivity index (χ3n) is 5.22. The van der Waals surface area contributed by atoms with E-state index in [0.717, 1.165) is 22.9 Å². The second-order valence-corrected chi connectivity index (χ2v) is 7.41. The summed E-state index contributed by atoms with van der Waals surface area (Å²) in [5, 5.41) is 2.10. The molecule has 1 fully saturated rings. The van der Waals surface area contributed by atoms with Crippen molar-refractivity contribution in [3.63, 3.8) is 0 Å². The molecule has 4 rings (SSSR count).